The second kappa shape index (κ2) is 8.19. The number of rotatable bonds is 8. The van der Waals surface area contributed by atoms with E-state index in [0.29, 0.717) is 0 Å². The summed E-state index contributed by atoms with van der Waals surface area (Å²) in [5.41, 5.74) is 0.383. The highest BCUT2D eigenvalue weighted by Gasteiger charge is 2.37. The highest BCUT2D eigenvalue weighted by atomic mass is 16.5. The SMILES string of the molecule is O=C(O)CCN1C(=O)c2ccc(Oc3ccc4c(c3)C(=O)N(CCC(=O)O)C4=O)cc2C1=O. The summed E-state index contributed by atoms with van der Waals surface area (Å²) in [6, 6.07) is 8.36. The summed E-state index contributed by atoms with van der Waals surface area (Å²) in [4.78, 5) is 73.0. The first-order chi connectivity index (χ1) is 15.7. The van der Waals surface area contributed by atoms with E-state index < -0.39 is 35.6 Å². The summed E-state index contributed by atoms with van der Waals surface area (Å²) < 4.78 is 5.71. The van der Waals surface area contributed by atoms with E-state index in [9.17, 15) is 28.8 Å². The number of carbonyl (C=O) groups is 6. The van der Waals surface area contributed by atoms with Gasteiger partial charge >= 0.3 is 11.9 Å². The number of ether oxygens (including phenoxy) is 1. The fraction of sp³-hybridized carbons (Fsp3) is 0.182. The Hall–Kier alpha value is -4.54. The van der Waals surface area contributed by atoms with E-state index in [1.807, 2.05) is 0 Å². The molecule has 0 bridgehead atoms. The Morgan fingerprint density at radius 2 is 1.00 bits per heavy atom. The molecule has 0 saturated carbocycles. The molecular weight excluding hydrogens is 436 g/mol. The summed E-state index contributed by atoms with van der Waals surface area (Å²) in [5, 5.41) is 17.6. The Morgan fingerprint density at radius 1 is 0.636 bits per heavy atom. The fourth-order valence-corrected chi connectivity index (χ4v) is 3.62. The maximum Gasteiger partial charge on any atom is 0.305 e. The first-order valence-corrected chi connectivity index (χ1v) is 9.79. The number of imide groups is 2. The largest absolute Gasteiger partial charge is 0.481 e. The lowest BCUT2D eigenvalue weighted by molar-refractivity contribution is -0.138. The molecule has 0 atom stereocenters. The number of carboxylic acid groups (broad SMARTS) is 2. The molecule has 168 valence electrons. The molecule has 0 spiro atoms. The number of hydrogen-bond acceptors (Lipinski definition) is 7. The zero-order chi connectivity index (χ0) is 23.9. The molecule has 2 aromatic rings. The summed E-state index contributed by atoms with van der Waals surface area (Å²) in [6.07, 6.45) is -0.750. The number of hydrogen-bond donors (Lipinski definition) is 2. The lowest BCUT2D eigenvalue weighted by Crippen LogP contribution is -2.31. The smallest absolute Gasteiger partial charge is 0.305 e. The van der Waals surface area contributed by atoms with Gasteiger partial charge in [-0.1, -0.05) is 0 Å². The average Bonchev–Trinajstić information content (AvgIpc) is 3.14. The van der Waals surface area contributed by atoms with E-state index in [1.165, 1.54) is 36.4 Å². The van der Waals surface area contributed by atoms with E-state index in [1.54, 1.807) is 0 Å². The van der Waals surface area contributed by atoms with Crippen LogP contribution in [0.3, 0.4) is 0 Å². The molecule has 2 aliphatic rings. The number of benzene rings is 2. The Morgan fingerprint density at radius 3 is 1.36 bits per heavy atom. The van der Waals surface area contributed by atoms with Gasteiger partial charge in [-0.15, -0.1) is 0 Å². The van der Waals surface area contributed by atoms with Gasteiger partial charge in [0.15, 0.2) is 0 Å². The van der Waals surface area contributed by atoms with E-state index in [4.69, 9.17) is 14.9 Å². The Labute approximate surface area is 185 Å². The van der Waals surface area contributed by atoms with Crippen molar-refractivity contribution in [1.29, 1.82) is 0 Å². The van der Waals surface area contributed by atoms with Gasteiger partial charge < -0.3 is 14.9 Å². The monoisotopic (exact) mass is 452 g/mol. The van der Waals surface area contributed by atoms with Crippen molar-refractivity contribution in [2.45, 2.75) is 12.8 Å². The van der Waals surface area contributed by atoms with Crippen molar-refractivity contribution in [3.8, 4) is 11.5 Å². The molecule has 11 nitrogen and oxygen atoms in total. The van der Waals surface area contributed by atoms with Crippen LogP contribution in [-0.4, -0.2) is 68.7 Å². The van der Waals surface area contributed by atoms with Gasteiger partial charge in [-0.25, -0.2) is 0 Å². The van der Waals surface area contributed by atoms with Crippen LogP contribution < -0.4 is 4.74 Å². The van der Waals surface area contributed by atoms with Crippen molar-refractivity contribution in [3.63, 3.8) is 0 Å². The first-order valence-electron chi connectivity index (χ1n) is 9.79. The van der Waals surface area contributed by atoms with Crippen molar-refractivity contribution in [2.24, 2.45) is 0 Å². The van der Waals surface area contributed by atoms with Crippen LogP contribution in [0.2, 0.25) is 0 Å². The molecule has 0 unspecified atom stereocenters. The van der Waals surface area contributed by atoms with Gasteiger partial charge in [0.05, 0.1) is 35.1 Å². The topological polar surface area (TPSA) is 159 Å². The molecule has 0 aliphatic carbocycles. The minimum atomic E-state index is -1.14. The lowest BCUT2D eigenvalue weighted by atomic mass is 10.1. The van der Waals surface area contributed by atoms with Crippen LogP contribution >= 0.6 is 0 Å². The standard InChI is InChI=1S/C22H16N2O9/c25-17(26)5-7-23-19(29)13-3-1-11(9-15(13)21(23)31)33-12-2-4-14-16(10-12)22(32)24(20(14)30)8-6-18(27)28/h1-4,9-10H,5-8H2,(H,25,26)(H,27,28). The second-order valence-electron chi connectivity index (χ2n) is 7.33. The second-order valence-corrected chi connectivity index (χ2v) is 7.33. The number of nitrogens with zero attached hydrogens (tertiary/aromatic N) is 2. The number of amides is 4. The normalized spacial score (nSPS) is 14.5. The molecule has 2 heterocycles. The van der Waals surface area contributed by atoms with Gasteiger partial charge in [0.1, 0.15) is 11.5 Å². The minimum Gasteiger partial charge on any atom is -0.481 e. The molecule has 2 aliphatic heterocycles. The van der Waals surface area contributed by atoms with Crippen LogP contribution in [0, 0.1) is 0 Å². The third-order valence-corrected chi connectivity index (χ3v) is 5.22. The first kappa shape index (κ1) is 21.7. The third kappa shape index (κ3) is 3.91. The molecular formula is C22H16N2O9. The number of fused-ring (bicyclic) bond motifs is 2. The number of aliphatic carboxylic acids is 2. The molecule has 0 radical (unpaired) electrons. The van der Waals surface area contributed by atoms with Crippen LogP contribution in [-0.2, 0) is 9.59 Å². The Balaban J connectivity index is 1.54. The zero-order valence-electron chi connectivity index (χ0n) is 16.9. The fourth-order valence-electron chi connectivity index (χ4n) is 3.62. The summed E-state index contributed by atoms with van der Waals surface area (Å²) in [5.74, 6) is -4.35. The van der Waals surface area contributed by atoms with Crippen molar-refractivity contribution < 1.29 is 43.7 Å². The Kier molecular flexibility index (Phi) is 5.38. The molecule has 0 saturated heterocycles. The minimum absolute atomic E-state index is 0.0650. The molecule has 0 fully saturated rings. The van der Waals surface area contributed by atoms with Crippen LogP contribution in [0.4, 0.5) is 0 Å². The summed E-state index contributed by atoms with van der Waals surface area (Å²) in [6.45, 7) is -0.506. The predicted molar refractivity (Wildman–Crippen MR) is 108 cm³/mol. The number of carboxylic acids is 2. The van der Waals surface area contributed by atoms with E-state index in [2.05, 4.69) is 0 Å². The molecule has 4 amide bonds. The molecule has 11 heteroatoms. The highest BCUT2D eigenvalue weighted by Crippen LogP contribution is 2.32. The molecule has 0 aromatic heterocycles. The molecule has 2 N–H and O–H groups in total. The van der Waals surface area contributed by atoms with Crippen molar-refractivity contribution in [1.82, 2.24) is 9.80 Å². The quantitative estimate of drug-likeness (QED) is 0.568. The number of carbonyl (C=O) groups excluding carboxylic acids is 4. The average molecular weight is 452 g/mol. The van der Waals surface area contributed by atoms with Crippen LogP contribution in [0.25, 0.3) is 0 Å². The van der Waals surface area contributed by atoms with Gasteiger partial charge in [0.2, 0.25) is 0 Å². The maximum absolute atomic E-state index is 12.5. The van der Waals surface area contributed by atoms with Gasteiger partial charge in [-0.2, -0.15) is 0 Å². The van der Waals surface area contributed by atoms with Crippen LogP contribution in [0.1, 0.15) is 54.3 Å². The van der Waals surface area contributed by atoms with Gasteiger partial charge in [-0.3, -0.25) is 38.6 Å². The Bertz CT molecular complexity index is 1150. The zero-order valence-corrected chi connectivity index (χ0v) is 16.9. The van der Waals surface area contributed by atoms with Crippen molar-refractivity contribution in [2.75, 3.05) is 13.1 Å². The van der Waals surface area contributed by atoms with Crippen molar-refractivity contribution >= 4 is 35.6 Å². The van der Waals surface area contributed by atoms with E-state index >= 15 is 0 Å². The predicted octanol–water partition coefficient (Wildman–Crippen LogP) is 1.62. The summed E-state index contributed by atoms with van der Waals surface area (Å²) >= 11 is 0. The molecule has 4 rings (SSSR count). The van der Waals surface area contributed by atoms with E-state index in [-0.39, 0.29) is 59.7 Å². The highest BCUT2D eigenvalue weighted by molar-refractivity contribution is 6.22. The lowest BCUT2D eigenvalue weighted by Gasteiger charge is -2.11. The van der Waals surface area contributed by atoms with Crippen LogP contribution in [0.5, 0.6) is 11.5 Å². The van der Waals surface area contributed by atoms with Gasteiger partial charge in [0.25, 0.3) is 23.6 Å². The molecule has 33 heavy (non-hydrogen) atoms. The van der Waals surface area contributed by atoms with Crippen molar-refractivity contribution in [3.05, 3.63) is 58.7 Å². The van der Waals surface area contributed by atoms with Crippen LogP contribution in [0.15, 0.2) is 36.4 Å². The van der Waals surface area contributed by atoms with Gasteiger partial charge in [-0.05, 0) is 36.4 Å². The summed E-state index contributed by atoms with van der Waals surface area (Å²) in [7, 11) is 0. The maximum atomic E-state index is 12.5. The third-order valence-electron chi connectivity index (χ3n) is 5.22. The van der Waals surface area contributed by atoms with Gasteiger partial charge in [0, 0.05) is 13.1 Å². The molecule has 2 aromatic carbocycles. The van der Waals surface area contributed by atoms with E-state index in [0.717, 1.165) is 9.80 Å².